The van der Waals surface area contributed by atoms with Crippen LogP contribution in [-0.4, -0.2) is 25.5 Å². The molecule has 1 rings (SSSR count). The summed E-state index contributed by atoms with van der Waals surface area (Å²) >= 11 is 5.77. The quantitative estimate of drug-likeness (QED) is 0.879. The molecule has 1 unspecified atom stereocenters. The van der Waals surface area contributed by atoms with Gasteiger partial charge in [0, 0.05) is 7.11 Å². The molecule has 110 valence electrons. The van der Waals surface area contributed by atoms with Crippen molar-refractivity contribution >= 4 is 23.4 Å². The zero-order valence-electron chi connectivity index (χ0n) is 11.4. The van der Waals surface area contributed by atoms with Crippen molar-refractivity contribution in [1.29, 1.82) is 0 Å². The molecule has 4 nitrogen and oxygen atoms in total. The van der Waals surface area contributed by atoms with E-state index in [2.05, 4.69) is 5.32 Å². The summed E-state index contributed by atoms with van der Waals surface area (Å²) in [5.41, 5.74) is -0.324. The second-order valence-electron chi connectivity index (χ2n) is 4.36. The molecule has 0 heterocycles. The van der Waals surface area contributed by atoms with E-state index in [0.29, 0.717) is 6.42 Å². The van der Waals surface area contributed by atoms with Crippen LogP contribution in [0, 0.1) is 11.7 Å². The third kappa shape index (κ3) is 4.28. The summed E-state index contributed by atoms with van der Waals surface area (Å²) in [4.78, 5) is 23.9. The molecular formula is C14H17ClFNO3. The first-order valence-corrected chi connectivity index (χ1v) is 6.67. The van der Waals surface area contributed by atoms with Gasteiger partial charge in [-0.2, -0.15) is 0 Å². The highest BCUT2D eigenvalue weighted by atomic mass is 35.5. The molecule has 1 aromatic carbocycles. The Morgan fingerprint density at radius 3 is 2.70 bits per heavy atom. The van der Waals surface area contributed by atoms with E-state index in [0.717, 1.165) is 12.5 Å². The number of hydrogen-bond acceptors (Lipinski definition) is 3. The van der Waals surface area contributed by atoms with Gasteiger partial charge in [0.05, 0.1) is 23.1 Å². The van der Waals surface area contributed by atoms with Crippen LogP contribution in [0.1, 0.15) is 30.1 Å². The Labute approximate surface area is 122 Å². The van der Waals surface area contributed by atoms with Crippen LogP contribution >= 0.6 is 11.6 Å². The Morgan fingerprint density at radius 1 is 1.45 bits per heavy atom. The Morgan fingerprint density at radius 2 is 2.15 bits per heavy atom. The van der Waals surface area contributed by atoms with E-state index < -0.39 is 23.5 Å². The molecule has 1 N–H and O–H groups in total. The van der Waals surface area contributed by atoms with Crippen molar-refractivity contribution in [2.75, 3.05) is 13.7 Å². The maximum atomic E-state index is 13.6. The number of hydrogen-bond donors (Lipinski definition) is 1. The fraction of sp³-hybridized carbons (Fsp3) is 0.429. The van der Waals surface area contributed by atoms with Crippen molar-refractivity contribution < 1.29 is 18.7 Å². The van der Waals surface area contributed by atoms with Gasteiger partial charge in [-0.25, -0.2) is 4.39 Å². The van der Waals surface area contributed by atoms with Gasteiger partial charge in [-0.05, 0) is 18.6 Å². The van der Waals surface area contributed by atoms with Crippen LogP contribution in [0.3, 0.4) is 0 Å². The Kier molecular flexibility index (Phi) is 6.61. The third-order valence-electron chi connectivity index (χ3n) is 2.80. The summed E-state index contributed by atoms with van der Waals surface area (Å²) in [7, 11) is 1.48. The second-order valence-corrected chi connectivity index (χ2v) is 4.76. The average Bonchev–Trinajstić information content (AvgIpc) is 2.38. The lowest BCUT2D eigenvalue weighted by molar-refractivity contribution is -0.125. The summed E-state index contributed by atoms with van der Waals surface area (Å²) in [6.07, 6.45) is 1.36. The number of imide groups is 1. The largest absolute Gasteiger partial charge is 0.384 e. The van der Waals surface area contributed by atoms with Gasteiger partial charge in [0.1, 0.15) is 5.82 Å². The van der Waals surface area contributed by atoms with E-state index in [1.807, 2.05) is 6.92 Å². The van der Waals surface area contributed by atoms with Crippen molar-refractivity contribution in [2.45, 2.75) is 19.8 Å². The lowest BCUT2D eigenvalue weighted by Gasteiger charge is -2.14. The number of amides is 2. The van der Waals surface area contributed by atoms with E-state index in [1.165, 1.54) is 19.2 Å². The van der Waals surface area contributed by atoms with Crippen LogP contribution in [0.2, 0.25) is 5.02 Å². The number of methoxy groups -OCH3 is 1. The number of benzene rings is 1. The maximum absolute atomic E-state index is 13.6. The minimum absolute atomic E-state index is 0.0333. The fourth-order valence-corrected chi connectivity index (χ4v) is 2.08. The van der Waals surface area contributed by atoms with Crippen LogP contribution in [-0.2, 0) is 9.53 Å². The SMILES string of the molecule is CCCC(COC)C(=O)NC(=O)c1c(F)cccc1Cl. The van der Waals surface area contributed by atoms with E-state index in [4.69, 9.17) is 16.3 Å². The number of nitrogens with one attached hydrogen (secondary N) is 1. The molecule has 0 saturated heterocycles. The Balaban J connectivity index is 2.81. The van der Waals surface area contributed by atoms with Crippen LogP contribution in [0.4, 0.5) is 4.39 Å². The summed E-state index contributed by atoms with van der Waals surface area (Å²) in [6, 6.07) is 3.90. The van der Waals surface area contributed by atoms with Gasteiger partial charge in [-0.3, -0.25) is 14.9 Å². The summed E-state index contributed by atoms with van der Waals surface area (Å²) < 4.78 is 18.5. The minimum Gasteiger partial charge on any atom is -0.384 e. The monoisotopic (exact) mass is 301 g/mol. The molecule has 0 radical (unpaired) electrons. The molecule has 0 fully saturated rings. The third-order valence-corrected chi connectivity index (χ3v) is 3.12. The molecule has 0 aliphatic carbocycles. The minimum atomic E-state index is -0.838. The summed E-state index contributed by atoms with van der Waals surface area (Å²) in [6.45, 7) is 2.13. The maximum Gasteiger partial charge on any atom is 0.262 e. The van der Waals surface area contributed by atoms with Crippen molar-refractivity contribution in [3.63, 3.8) is 0 Å². The van der Waals surface area contributed by atoms with Gasteiger partial charge < -0.3 is 4.74 Å². The summed E-state index contributed by atoms with van der Waals surface area (Å²) in [5, 5.41) is 2.13. The highest BCUT2D eigenvalue weighted by Crippen LogP contribution is 2.19. The molecule has 2 amide bonds. The highest BCUT2D eigenvalue weighted by Gasteiger charge is 2.23. The van der Waals surface area contributed by atoms with E-state index in [-0.39, 0.29) is 17.2 Å². The van der Waals surface area contributed by atoms with E-state index in [1.54, 1.807) is 0 Å². The molecule has 1 atom stereocenters. The Bertz CT molecular complexity index is 467. The molecule has 0 aromatic heterocycles. The van der Waals surface area contributed by atoms with Gasteiger partial charge in [0.2, 0.25) is 5.91 Å². The molecule has 1 aromatic rings. The van der Waals surface area contributed by atoms with Crippen molar-refractivity contribution in [3.8, 4) is 0 Å². The first-order chi connectivity index (χ1) is 9.51. The molecule has 0 aliphatic rings. The van der Waals surface area contributed by atoms with E-state index >= 15 is 0 Å². The van der Waals surface area contributed by atoms with Gasteiger partial charge in [0.15, 0.2) is 0 Å². The van der Waals surface area contributed by atoms with Crippen LogP contribution in [0.15, 0.2) is 18.2 Å². The normalized spacial score (nSPS) is 12.0. The van der Waals surface area contributed by atoms with Gasteiger partial charge in [-0.1, -0.05) is 31.0 Å². The van der Waals surface area contributed by atoms with Crippen LogP contribution < -0.4 is 5.32 Å². The number of carbonyl (C=O) groups excluding carboxylic acids is 2. The number of ether oxygens (including phenoxy) is 1. The molecule has 0 bridgehead atoms. The predicted octanol–water partition coefficient (Wildman–Crippen LogP) is 2.80. The first kappa shape index (κ1) is 16.6. The zero-order chi connectivity index (χ0) is 15.1. The van der Waals surface area contributed by atoms with Gasteiger partial charge >= 0.3 is 0 Å². The lowest BCUT2D eigenvalue weighted by atomic mass is 10.0. The van der Waals surface area contributed by atoms with Gasteiger partial charge in [-0.15, -0.1) is 0 Å². The van der Waals surface area contributed by atoms with Gasteiger partial charge in [0.25, 0.3) is 5.91 Å². The second kappa shape index (κ2) is 7.97. The average molecular weight is 302 g/mol. The molecule has 0 aliphatic heterocycles. The topological polar surface area (TPSA) is 55.4 Å². The zero-order valence-corrected chi connectivity index (χ0v) is 12.2. The lowest BCUT2D eigenvalue weighted by Crippen LogP contribution is -2.38. The Hall–Kier alpha value is -1.46. The highest BCUT2D eigenvalue weighted by molar-refractivity contribution is 6.34. The predicted molar refractivity (Wildman–Crippen MR) is 74.2 cm³/mol. The standard InChI is InChI=1S/C14H17ClFNO3/c1-3-5-9(8-20-2)13(18)17-14(19)12-10(15)6-4-7-11(12)16/h4,6-7,9H,3,5,8H2,1-2H3,(H,17,18,19). The molecule has 0 spiro atoms. The van der Waals surface area contributed by atoms with Crippen LogP contribution in [0.5, 0.6) is 0 Å². The fourth-order valence-electron chi connectivity index (χ4n) is 1.83. The molecule has 20 heavy (non-hydrogen) atoms. The van der Waals surface area contributed by atoms with Crippen molar-refractivity contribution in [1.82, 2.24) is 5.32 Å². The van der Waals surface area contributed by atoms with E-state index in [9.17, 15) is 14.0 Å². The summed E-state index contributed by atoms with van der Waals surface area (Å²) in [5.74, 6) is -2.53. The number of rotatable bonds is 6. The van der Waals surface area contributed by atoms with Crippen LogP contribution in [0.25, 0.3) is 0 Å². The first-order valence-electron chi connectivity index (χ1n) is 6.29. The van der Waals surface area contributed by atoms with Crippen molar-refractivity contribution in [3.05, 3.63) is 34.6 Å². The molecule has 6 heteroatoms. The van der Waals surface area contributed by atoms with Crippen molar-refractivity contribution in [2.24, 2.45) is 5.92 Å². The number of halogens is 2. The molecular weight excluding hydrogens is 285 g/mol. The number of carbonyl (C=O) groups is 2. The smallest absolute Gasteiger partial charge is 0.262 e. The molecule has 0 saturated carbocycles.